The van der Waals surface area contributed by atoms with E-state index in [-0.39, 0.29) is 17.1 Å². The van der Waals surface area contributed by atoms with Crippen LogP contribution in [0.3, 0.4) is 0 Å². The summed E-state index contributed by atoms with van der Waals surface area (Å²) < 4.78 is 5.37. The molecule has 98 valence electrons. The van der Waals surface area contributed by atoms with Gasteiger partial charge in [-0.05, 0) is 18.2 Å². The molecule has 0 amide bonds. The van der Waals surface area contributed by atoms with Crippen LogP contribution >= 0.6 is 23.2 Å². The number of halogens is 2. The Kier molecular flexibility index (Phi) is 3.78. The van der Waals surface area contributed by atoms with Gasteiger partial charge in [0, 0.05) is 6.07 Å². The molecule has 1 heterocycles. The number of pyridine rings is 1. The number of nitrogen functional groups attached to an aromatic ring is 1. The number of carboxylic acids is 1. The van der Waals surface area contributed by atoms with Crippen LogP contribution in [0.4, 0.5) is 5.69 Å². The Bertz CT molecular complexity index is 647. The fourth-order valence-electron chi connectivity index (χ4n) is 1.35. The minimum absolute atomic E-state index is 0.0694. The number of hydrogen-bond donors (Lipinski definition) is 2. The quantitative estimate of drug-likeness (QED) is 0.906. The molecule has 3 N–H and O–H groups in total. The fraction of sp³-hybridized carbons (Fsp3) is 0. The lowest BCUT2D eigenvalue weighted by Crippen LogP contribution is -2.03. The number of anilines is 1. The van der Waals surface area contributed by atoms with Crippen molar-refractivity contribution in [3.63, 3.8) is 0 Å². The van der Waals surface area contributed by atoms with Gasteiger partial charge in [-0.15, -0.1) is 0 Å². The number of nitrogens with zero attached hydrogens (tertiary/aromatic N) is 1. The number of hydrogen-bond acceptors (Lipinski definition) is 4. The predicted octanol–water partition coefficient (Wildman–Crippen LogP) is 3.46. The SMILES string of the molecule is Nc1cnc(Oc2ccc(Cl)c(Cl)c2)c(C(=O)O)c1. The molecule has 0 aliphatic heterocycles. The van der Waals surface area contributed by atoms with Crippen molar-refractivity contribution in [3.05, 3.63) is 46.1 Å². The zero-order chi connectivity index (χ0) is 14.0. The monoisotopic (exact) mass is 298 g/mol. The average molecular weight is 299 g/mol. The summed E-state index contributed by atoms with van der Waals surface area (Å²) in [6.45, 7) is 0. The lowest BCUT2D eigenvalue weighted by molar-refractivity contribution is 0.0693. The van der Waals surface area contributed by atoms with Crippen LogP contribution in [-0.4, -0.2) is 16.1 Å². The Hall–Kier alpha value is -1.98. The molecule has 0 atom stereocenters. The van der Waals surface area contributed by atoms with Crippen molar-refractivity contribution in [2.45, 2.75) is 0 Å². The number of benzene rings is 1. The Morgan fingerprint density at radius 2 is 2.00 bits per heavy atom. The molecule has 2 rings (SSSR count). The Labute approximate surface area is 118 Å². The van der Waals surface area contributed by atoms with E-state index < -0.39 is 5.97 Å². The van der Waals surface area contributed by atoms with Gasteiger partial charge >= 0.3 is 5.97 Å². The maximum Gasteiger partial charge on any atom is 0.341 e. The molecule has 0 aliphatic carbocycles. The van der Waals surface area contributed by atoms with E-state index in [1.165, 1.54) is 24.4 Å². The van der Waals surface area contributed by atoms with Crippen molar-refractivity contribution in [2.24, 2.45) is 0 Å². The highest BCUT2D eigenvalue weighted by atomic mass is 35.5. The number of aromatic nitrogens is 1. The third kappa shape index (κ3) is 3.07. The molecule has 0 radical (unpaired) electrons. The summed E-state index contributed by atoms with van der Waals surface area (Å²) in [6, 6.07) is 5.82. The summed E-state index contributed by atoms with van der Waals surface area (Å²) >= 11 is 11.6. The summed E-state index contributed by atoms with van der Waals surface area (Å²) in [6.07, 6.45) is 1.30. The molecule has 19 heavy (non-hydrogen) atoms. The molecule has 0 aliphatic rings. The van der Waals surface area contributed by atoms with Gasteiger partial charge in [-0.1, -0.05) is 23.2 Å². The molecule has 1 aromatic carbocycles. The van der Waals surface area contributed by atoms with Gasteiger partial charge in [-0.25, -0.2) is 9.78 Å². The third-order valence-corrected chi connectivity index (χ3v) is 2.95. The van der Waals surface area contributed by atoms with Crippen molar-refractivity contribution in [3.8, 4) is 11.6 Å². The van der Waals surface area contributed by atoms with E-state index >= 15 is 0 Å². The van der Waals surface area contributed by atoms with Crippen LogP contribution in [0, 0.1) is 0 Å². The molecule has 1 aromatic heterocycles. The van der Waals surface area contributed by atoms with Gasteiger partial charge in [0.25, 0.3) is 0 Å². The highest BCUT2D eigenvalue weighted by Gasteiger charge is 2.14. The lowest BCUT2D eigenvalue weighted by Gasteiger charge is -2.08. The number of ether oxygens (including phenoxy) is 1. The van der Waals surface area contributed by atoms with Crippen molar-refractivity contribution >= 4 is 34.9 Å². The maximum absolute atomic E-state index is 11.1. The Morgan fingerprint density at radius 3 is 2.63 bits per heavy atom. The molecular formula is C12H8Cl2N2O3. The van der Waals surface area contributed by atoms with Crippen LogP contribution in [0.1, 0.15) is 10.4 Å². The zero-order valence-corrected chi connectivity index (χ0v) is 10.9. The van der Waals surface area contributed by atoms with Crippen LogP contribution in [-0.2, 0) is 0 Å². The first-order valence-electron chi connectivity index (χ1n) is 5.09. The number of nitrogens with two attached hydrogens (primary N) is 1. The van der Waals surface area contributed by atoms with Crippen LogP contribution in [0.2, 0.25) is 10.0 Å². The van der Waals surface area contributed by atoms with Crippen molar-refractivity contribution in [1.82, 2.24) is 4.98 Å². The molecule has 0 spiro atoms. The third-order valence-electron chi connectivity index (χ3n) is 2.21. The van der Waals surface area contributed by atoms with E-state index in [1.807, 2.05) is 0 Å². The van der Waals surface area contributed by atoms with Crippen molar-refractivity contribution < 1.29 is 14.6 Å². The smallest absolute Gasteiger partial charge is 0.341 e. The highest BCUT2D eigenvalue weighted by molar-refractivity contribution is 6.42. The molecule has 0 saturated heterocycles. The number of carbonyl (C=O) groups is 1. The van der Waals surface area contributed by atoms with Gasteiger partial charge in [0.05, 0.1) is 21.9 Å². The van der Waals surface area contributed by atoms with Crippen LogP contribution < -0.4 is 10.5 Å². The molecule has 0 bridgehead atoms. The second-order valence-corrected chi connectivity index (χ2v) is 4.42. The summed E-state index contributed by atoms with van der Waals surface area (Å²) in [5.41, 5.74) is 5.58. The zero-order valence-electron chi connectivity index (χ0n) is 9.43. The maximum atomic E-state index is 11.1. The van der Waals surface area contributed by atoms with E-state index in [1.54, 1.807) is 6.07 Å². The minimum Gasteiger partial charge on any atom is -0.477 e. The molecule has 5 nitrogen and oxygen atoms in total. The predicted molar refractivity (Wildman–Crippen MR) is 72.1 cm³/mol. The Morgan fingerprint density at radius 1 is 1.26 bits per heavy atom. The number of carboxylic acid groups (broad SMARTS) is 1. The van der Waals surface area contributed by atoms with Crippen molar-refractivity contribution in [2.75, 3.05) is 5.73 Å². The fourth-order valence-corrected chi connectivity index (χ4v) is 1.64. The average Bonchev–Trinajstić information content (AvgIpc) is 2.36. The highest BCUT2D eigenvalue weighted by Crippen LogP contribution is 2.30. The standard InChI is InChI=1S/C12H8Cl2N2O3/c13-9-2-1-7(4-10(9)14)19-11-8(12(17)18)3-6(15)5-16-11/h1-5H,15H2,(H,17,18). The van der Waals surface area contributed by atoms with E-state index in [0.717, 1.165) is 0 Å². The first-order valence-corrected chi connectivity index (χ1v) is 5.84. The van der Waals surface area contributed by atoms with Gasteiger partial charge in [0.15, 0.2) is 0 Å². The van der Waals surface area contributed by atoms with Crippen molar-refractivity contribution in [1.29, 1.82) is 0 Å². The first-order chi connectivity index (χ1) is 8.97. The molecule has 2 aromatic rings. The molecule has 0 fully saturated rings. The molecule has 0 unspecified atom stereocenters. The van der Waals surface area contributed by atoms with E-state index in [4.69, 9.17) is 38.8 Å². The molecule has 7 heteroatoms. The van der Waals surface area contributed by atoms with Crippen LogP contribution in [0.15, 0.2) is 30.5 Å². The molecule has 0 saturated carbocycles. The van der Waals surface area contributed by atoms with Gasteiger partial charge in [0.2, 0.25) is 5.88 Å². The normalized spacial score (nSPS) is 10.2. The second kappa shape index (κ2) is 5.34. The lowest BCUT2D eigenvalue weighted by atomic mass is 10.2. The number of aromatic carboxylic acids is 1. The van der Waals surface area contributed by atoms with E-state index in [0.29, 0.717) is 15.8 Å². The molecular weight excluding hydrogens is 291 g/mol. The summed E-state index contributed by atoms with van der Waals surface area (Å²) in [5, 5.41) is 9.71. The second-order valence-electron chi connectivity index (χ2n) is 3.60. The summed E-state index contributed by atoms with van der Waals surface area (Å²) in [7, 11) is 0. The van der Waals surface area contributed by atoms with E-state index in [9.17, 15) is 4.79 Å². The topological polar surface area (TPSA) is 85.4 Å². The Balaban J connectivity index is 2.37. The van der Waals surface area contributed by atoms with Gasteiger partial charge in [-0.3, -0.25) is 0 Å². The van der Waals surface area contributed by atoms with Crippen LogP contribution in [0.5, 0.6) is 11.6 Å². The van der Waals surface area contributed by atoms with E-state index in [2.05, 4.69) is 4.98 Å². The summed E-state index contributed by atoms with van der Waals surface area (Å²) in [4.78, 5) is 14.9. The largest absolute Gasteiger partial charge is 0.477 e. The first kappa shape index (κ1) is 13.5. The van der Waals surface area contributed by atoms with Gasteiger partial charge in [-0.2, -0.15) is 0 Å². The van der Waals surface area contributed by atoms with Gasteiger partial charge in [0.1, 0.15) is 11.3 Å². The number of rotatable bonds is 3. The van der Waals surface area contributed by atoms with Crippen LogP contribution in [0.25, 0.3) is 0 Å². The van der Waals surface area contributed by atoms with Gasteiger partial charge < -0.3 is 15.6 Å². The summed E-state index contributed by atoms with van der Waals surface area (Å²) in [5.74, 6) is -0.927. The minimum atomic E-state index is -1.19.